The Morgan fingerprint density at radius 3 is 2.35 bits per heavy atom. The first-order valence-corrected chi connectivity index (χ1v) is 5.31. The van der Waals surface area contributed by atoms with Crippen molar-refractivity contribution in [2.75, 3.05) is 6.61 Å². The van der Waals surface area contributed by atoms with Crippen LogP contribution in [0, 0.1) is 11.8 Å². The Kier molecular flexibility index (Phi) is 3.49. The van der Waals surface area contributed by atoms with E-state index in [2.05, 4.69) is 0 Å². The van der Waals surface area contributed by atoms with Gasteiger partial charge in [-0.25, -0.2) is 0 Å². The van der Waals surface area contributed by atoms with Gasteiger partial charge in [0.25, 0.3) is 6.47 Å². The van der Waals surface area contributed by atoms with Crippen LogP contribution >= 0.6 is 0 Å². The van der Waals surface area contributed by atoms with Gasteiger partial charge in [0.05, 0.1) is 18.4 Å². The van der Waals surface area contributed by atoms with Gasteiger partial charge in [-0.3, -0.25) is 4.79 Å². The minimum absolute atomic E-state index is 0.214. The predicted octanol–water partition coefficient (Wildman–Crippen LogP) is 0.402. The van der Waals surface area contributed by atoms with Crippen molar-refractivity contribution in [2.45, 2.75) is 12.7 Å². The molecule has 90 valence electrons. The molecule has 0 aromatic carbocycles. The van der Waals surface area contributed by atoms with E-state index in [1.54, 1.807) is 12.2 Å². The zero-order valence-corrected chi connectivity index (χ0v) is 9.07. The van der Waals surface area contributed by atoms with Gasteiger partial charge in [-0.15, -0.1) is 0 Å². The van der Waals surface area contributed by atoms with Crippen LogP contribution in [0.4, 0.5) is 0 Å². The van der Waals surface area contributed by atoms with E-state index in [1.807, 2.05) is 0 Å². The van der Waals surface area contributed by atoms with Gasteiger partial charge in [-0.05, 0) is 11.1 Å². The summed E-state index contributed by atoms with van der Waals surface area (Å²) in [6.45, 7) is 0.536. The van der Waals surface area contributed by atoms with Gasteiger partial charge in [0.1, 0.15) is 12.6 Å². The molecule has 0 spiro atoms. The molecule has 1 aliphatic carbocycles. The molecule has 0 saturated carbocycles. The highest BCUT2D eigenvalue weighted by Gasteiger charge is 2.32. The molecule has 0 aromatic rings. The van der Waals surface area contributed by atoms with Crippen LogP contribution in [0.25, 0.3) is 0 Å². The minimum Gasteiger partial charge on any atom is -0.438 e. The molecule has 5 heteroatoms. The normalized spacial score (nSPS) is 31.6. The molecular formula is C12H12O5. The Balaban J connectivity index is 2.25. The zero-order chi connectivity index (χ0) is 12.3. The lowest BCUT2D eigenvalue weighted by Crippen LogP contribution is -2.31. The summed E-state index contributed by atoms with van der Waals surface area (Å²) >= 11 is 0. The van der Waals surface area contributed by atoms with E-state index >= 15 is 0 Å². The standard InChI is InChI=1S/C12H12O5/c13-4-8-1-2-9(5-14)11-6-16-12(17-7-15)3-10(8)11/h1-2,4-5,7-9,12H,3,6H2. The van der Waals surface area contributed by atoms with Crippen molar-refractivity contribution in [3.63, 3.8) is 0 Å². The summed E-state index contributed by atoms with van der Waals surface area (Å²) in [4.78, 5) is 32.1. The lowest BCUT2D eigenvalue weighted by Gasteiger charge is -2.32. The van der Waals surface area contributed by atoms with E-state index in [0.717, 1.165) is 23.7 Å². The molecule has 3 atom stereocenters. The number of carbonyl (C=O) groups is 3. The zero-order valence-electron chi connectivity index (χ0n) is 9.07. The number of hydrogen-bond donors (Lipinski definition) is 0. The van der Waals surface area contributed by atoms with Crippen molar-refractivity contribution in [3.8, 4) is 0 Å². The Morgan fingerprint density at radius 2 is 1.76 bits per heavy atom. The molecule has 0 N–H and O–H groups in total. The third kappa shape index (κ3) is 2.19. The second-order valence-corrected chi connectivity index (χ2v) is 3.94. The highest BCUT2D eigenvalue weighted by atomic mass is 16.7. The highest BCUT2D eigenvalue weighted by molar-refractivity contribution is 5.70. The Bertz CT molecular complexity index is 396. The number of ether oxygens (including phenoxy) is 2. The molecule has 0 aromatic heterocycles. The maximum absolute atomic E-state index is 10.9. The summed E-state index contributed by atoms with van der Waals surface area (Å²) in [5.41, 5.74) is 1.64. The number of hydrogen-bond acceptors (Lipinski definition) is 5. The van der Waals surface area contributed by atoms with Gasteiger partial charge in [-0.2, -0.15) is 0 Å². The summed E-state index contributed by atoms with van der Waals surface area (Å²) in [5.74, 6) is -0.679. The van der Waals surface area contributed by atoms with Crippen molar-refractivity contribution < 1.29 is 23.9 Å². The topological polar surface area (TPSA) is 69.7 Å². The van der Waals surface area contributed by atoms with Crippen molar-refractivity contribution in [2.24, 2.45) is 11.8 Å². The fraction of sp³-hybridized carbons (Fsp3) is 0.417. The minimum atomic E-state index is -0.660. The largest absolute Gasteiger partial charge is 0.438 e. The van der Waals surface area contributed by atoms with Gasteiger partial charge in [0, 0.05) is 6.42 Å². The molecule has 0 saturated heterocycles. The summed E-state index contributed by atoms with van der Waals surface area (Å²) in [6, 6.07) is 0. The van der Waals surface area contributed by atoms with E-state index in [-0.39, 0.29) is 18.4 Å². The number of rotatable bonds is 4. The van der Waals surface area contributed by atoms with Crippen molar-refractivity contribution >= 4 is 19.0 Å². The van der Waals surface area contributed by atoms with Crippen LogP contribution in [0.1, 0.15) is 6.42 Å². The van der Waals surface area contributed by atoms with Crippen LogP contribution in [0.5, 0.6) is 0 Å². The maximum Gasteiger partial charge on any atom is 0.295 e. The number of carbonyl (C=O) groups excluding carboxylic acids is 3. The molecule has 0 radical (unpaired) electrons. The molecular weight excluding hydrogens is 224 g/mol. The fourth-order valence-corrected chi connectivity index (χ4v) is 2.18. The molecule has 17 heavy (non-hydrogen) atoms. The summed E-state index contributed by atoms with van der Waals surface area (Å²) in [5, 5.41) is 0. The van der Waals surface area contributed by atoms with Crippen LogP contribution in [-0.2, 0) is 23.9 Å². The first kappa shape index (κ1) is 11.7. The maximum atomic E-state index is 10.9. The molecule has 0 fully saturated rings. The third-order valence-electron chi connectivity index (χ3n) is 3.05. The molecule has 3 unspecified atom stereocenters. The lowest BCUT2D eigenvalue weighted by atomic mass is 9.80. The Morgan fingerprint density at radius 1 is 1.12 bits per heavy atom. The van der Waals surface area contributed by atoms with Crippen LogP contribution in [0.3, 0.4) is 0 Å². The second-order valence-electron chi connectivity index (χ2n) is 3.94. The molecule has 2 rings (SSSR count). The van der Waals surface area contributed by atoms with E-state index in [4.69, 9.17) is 9.47 Å². The molecule has 0 amide bonds. The quantitative estimate of drug-likeness (QED) is 0.522. The molecule has 0 bridgehead atoms. The Hall–Kier alpha value is -1.75. The molecule has 5 nitrogen and oxygen atoms in total. The molecule has 1 aliphatic heterocycles. The van der Waals surface area contributed by atoms with Crippen LogP contribution in [-0.4, -0.2) is 31.9 Å². The van der Waals surface area contributed by atoms with Gasteiger partial charge in [0.15, 0.2) is 0 Å². The van der Waals surface area contributed by atoms with Gasteiger partial charge in [-0.1, -0.05) is 12.2 Å². The second kappa shape index (κ2) is 5.05. The molecule has 2 aliphatic rings. The summed E-state index contributed by atoms with van der Waals surface area (Å²) in [7, 11) is 0. The predicted molar refractivity (Wildman–Crippen MR) is 56.8 cm³/mol. The first-order valence-electron chi connectivity index (χ1n) is 5.31. The summed E-state index contributed by atoms with van der Waals surface area (Å²) < 4.78 is 10.0. The Labute approximate surface area is 98.1 Å². The average molecular weight is 236 g/mol. The van der Waals surface area contributed by atoms with Crippen LogP contribution in [0.2, 0.25) is 0 Å². The van der Waals surface area contributed by atoms with Crippen LogP contribution < -0.4 is 0 Å². The van der Waals surface area contributed by atoms with E-state index in [0.29, 0.717) is 12.9 Å². The highest BCUT2D eigenvalue weighted by Crippen LogP contribution is 2.34. The van der Waals surface area contributed by atoms with E-state index in [1.165, 1.54) is 0 Å². The lowest BCUT2D eigenvalue weighted by molar-refractivity contribution is -0.164. The molecule has 1 heterocycles. The fourth-order valence-electron chi connectivity index (χ4n) is 2.18. The van der Waals surface area contributed by atoms with Gasteiger partial charge >= 0.3 is 0 Å². The van der Waals surface area contributed by atoms with Crippen molar-refractivity contribution in [1.82, 2.24) is 0 Å². The van der Waals surface area contributed by atoms with Crippen molar-refractivity contribution in [1.29, 1.82) is 0 Å². The first-order chi connectivity index (χ1) is 8.30. The summed E-state index contributed by atoms with van der Waals surface area (Å²) in [6.07, 6.45) is 4.72. The number of allylic oxidation sites excluding steroid dienone is 2. The van der Waals surface area contributed by atoms with Gasteiger partial charge < -0.3 is 19.1 Å². The van der Waals surface area contributed by atoms with Crippen LogP contribution in [0.15, 0.2) is 23.3 Å². The van der Waals surface area contributed by atoms with Gasteiger partial charge in [0.2, 0.25) is 6.29 Å². The smallest absolute Gasteiger partial charge is 0.295 e. The number of aldehydes is 2. The monoisotopic (exact) mass is 236 g/mol. The SMILES string of the molecule is O=COC1CC2=C(CO1)C(C=O)C=CC2C=O. The van der Waals surface area contributed by atoms with E-state index in [9.17, 15) is 14.4 Å². The third-order valence-corrected chi connectivity index (χ3v) is 3.05. The van der Waals surface area contributed by atoms with E-state index < -0.39 is 6.29 Å². The average Bonchev–Trinajstić information content (AvgIpc) is 2.37. The van der Waals surface area contributed by atoms with Crippen molar-refractivity contribution in [3.05, 3.63) is 23.3 Å².